The summed E-state index contributed by atoms with van der Waals surface area (Å²) in [6.45, 7) is 0. The zero-order chi connectivity index (χ0) is 12.6. The lowest BCUT2D eigenvalue weighted by atomic mass is 10.1. The second-order valence-electron chi connectivity index (χ2n) is 3.34. The Hall–Kier alpha value is -0.170. The summed E-state index contributed by atoms with van der Waals surface area (Å²) in [5.74, 6) is -0.0492. The summed E-state index contributed by atoms with van der Waals surface area (Å²) in [6, 6.07) is 6.99. The minimum atomic E-state index is -0.0492. The zero-order valence-corrected chi connectivity index (χ0v) is 13.9. The number of ketones is 1. The molecule has 88 valence electrons. The smallest absolute Gasteiger partial charge is 0.195 e. The van der Waals surface area contributed by atoms with Crippen LogP contribution in [0.4, 0.5) is 5.69 Å². The topological polar surface area (TPSA) is 43.1 Å². The summed E-state index contributed by atoms with van der Waals surface area (Å²) < 4.78 is 2.52. The number of hydrogen-bond donors (Lipinski definition) is 1. The van der Waals surface area contributed by atoms with Crippen LogP contribution in [0.25, 0.3) is 0 Å². The average molecular weight is 440 g/mol. The van der Waals surface area contributed by atoms with Crippen LogP contribution in [-0.4, -0.2) is 5.78 Å². The molecule has 0 aliphatic heterocycles. The minimum Gasteiger partial charge on any atom is -0.399 e. The molecule has 2 aromatic rings. The van der Waals surface area contributed by atoms with E-state index in [1.807, 2.05) is 0 Å². The monoisotopic (exact) mass is 437 g/mol. The van der Waals surface area contributed by atoms with Crippen molar-refractivity contribution in [2.24, 2.45) is 0 Å². The Labute approximate surface area is 128 Å². The summed E-state index contributed by atoms with van der Waals surface area (Å²) in [7, 11) is 0. The quantitative estimate of drug-likeness (QED) is 0.537. The van der Waals surface area contributed by atoms with Crippen LogP contribution in [-0.2, 0) is 0 Å². The van der Waals surface area contributed by atoms with Gasteiger partial charge in [0, 0.05) is 21.3 Å². The molecule has 2 rings (SSSR count). The third-order valence-electron chi connectivity index (χ3n) is 2.08. The van der Waals surface area contributed by atoms with Crippen molar-refractivity contribution in [3.63, 3.8) is 0 Å². The lowest BCUT2D eigenvalue weighted by Crippen LogP contribution is -2.01. The van der Waals surface area contributed by atoms with Crippen LogP contribution in [0.15, 0.2) is 36.3 Å². The molecule has 2 N–H and O–H groups in total. The summed E-state index contributed by atoms with van der Waals surface area (Å²) in [5.41, 5.74) is 7.49. The van der Waals surface area contributed by atoms with Crippen LogP contribution < -0.4 is 5.73 Å². The molecule has 0 spiro atoms. The lowest BCUT2D eigenvalue weighted by Gasteiger charge is -2.02. The largest absolute Gasteiger partial charge is 0.399 e. The fourth-order valence-electron chi connectivity index (χ4n) is 1.39. The van der Waals surface area contributed by atoms with Gasteiger partial charge >= 0.3 is 0 Å². The molecule has 1 aromatic carbocycles. The van der Waals surface area contributed by atoms with E-state index >= 15 is 0 Å². The Morgan fingerprint density at radius 2 is 1.82 bits per heavy atom. The Balaban J connectivity index is 2.47. The number of nitrogen functional groups attached to an aromatic ring is 1. The zero-order valence-electron chi connectivity index (χ0n) is 8.34. The lowest BCUT2D eigenvalue weighted by molar-refractivity contribution is 0.103. The van der Waals surface area contributed by atoms with Gasteiger partial charge in [-0.05, 0) is 56.1 Å². The molecular formula is C11H6Br3NOS. The standard InChI is InChI=1S/C11H6Br3NOS/c12-6-1-5(2-7(15)3-6)10(16)8-4-9(13)17-11(8)14/h1-4H,15H2. The number of thiophene rings is 1. The van der Waals surface area contributed by atoms with Crippen LogP contribution in [0.5, 0.6) is 0 Å². The van der Waals surface area contributed by atoms with E-state index in [-0.39, 0.29) is 5.78 Å². The first-order valence-corrected chi connectivity index (χ1v) is 7.72. The van der Waals surface area contributed by atoms with Crippen LogP contribution >= 0.6 is 59.1 Å². The summed E-state index contributed by atoms with van der Waals surface area (Å²) in [6.07, 6.45) is 0. The van der Waals surface area contributed by atoms with Crippen LogP contribution in [0.2, 0.25) is 0 Å². The molecule has 17 heavy (non-hydrogen) atoms. The molecule has 0 aliphatic carbocycles. The molecule has 0 saturated heterocycles. The molecule has 1 aromatic heterocycles. The first-order chi connectivity index (χ1) is 7.97. The van der Waals surface area contributed by atoms with Gasteiger partial charge in [-0.15, -0.1) is 11.3 Å². The molecule has 0 fully saturated rings. The molecule has 0 unspecified atom stereocenters. The van der Waals surface area contributed by atoms with Gasteiger partial charge in [0.25, 0.3) is 0 Å². The van der Waals surface area contributed by atoms with E-state index in [4.69, 9.17) is 5.73 Å². The van der Waals surface area contributed by atoms with Gasteiger partial charge in [0.15, 0.2) is 5.78 Å². The fraction of sp³-hybridized carbons (Fsp3) is 0. The van der Waals surface area contributed by atoms with Crippen molar-refractivity contribution >= 4 is 70.6 Å². The van der Waals surface area contributed by atoms with Crippen LogP contribution in [0.1, 0.15) is 15.9 Å². The van der Waals surface area contributed by atoms with E-state index in [1.165, 1.54) is 11.3 Å². The number of benzene rings is 1. The SMILES string of the molecule is Nc1cc(Br)cc(C(=O)c2cc(Br)sc2Br)c1. The van der Waals surface area contributed by atoms with Crippen molar-refractivity contribution in [2.75, 3.05) is 5.73 Å². The Morgan fingerprint density at radius 1 is 1.12 bits per heavy atom. The summed E-state index contributed by atoms with van der Waals surface area (Å²) in [5, 5.41) is 0. The van der Waals surface area contributed by atoms with E-state index in [9.17, 15) is 4.79 Å². The highest BCUT2D eigenvalue weighted by Crippen LogP contribution is 2.33. The third kappa shape index (κ3) is 2.99. The maximum atomic E-state index is 12.3. The van der Waals surface area contributed by atoms with Crippen molar-refractivity contribution in [3.05, 3.63) is 47.4 Å². The highest BCUT2D eigenvalue weighted by Gasteiger charge is 2.16. The molecule has 0 radical (unpaired) electrons. The van der Waals surface area contributed by atoms with Gasteiger partial charge < -0.3 is 5.73 Å². The average Bonchev–Trinajstić information content (AvgIpc) is 2.55. The highest BCUT2D eigenvalue weighted by atomic mass is 79.9. The molecular weight excluding hydrogens is 434 g/mol. The van der Waals surface area contributed by atoms with Crippen molar-refractivity contribution in [3.8, 4) is 0 Å². The number of carbonyl (C=O) groups is 1. The number of hydrogen-bond acceptors (Lipinski definition) is 3. The second kappa shape index (κ2) is 5.22. The van der Waals surface area contributed by atoms with Gasteiger partial charge in [-0.25, -0.2) is 0 Å². The molecule has 0 saturated carbocycles. The minimum absolute atomic E-state index is 0.0492. The maximum absolute atomic E-state index is 12.3. The van der Waals surface area contributed by atoms with Gasteiger partial charge in [0.1, 0.15) is 0 Å². The van der Waals surface area contributed by atoms with Gasteiger partial charge in [-0.2, -0.15) is 0 Å². The van der Waals surface area contributed by atoms with Crippen molar-refractivity contribution in [1.29, 1.82) is 0 Å². The first-order valence-electron chi connectivity index (χ1n) is 4.53. The number of nitrogens with two attached hydrogens (primary N) is 1. The van der Waals surface area contributed by atoms with Gasteiger partial charge in [-0.1, -0.05) is 15.9 Å². The Morgan fingerprint density at radius 3 is 2.35 bits per heavy atom. The summed E-state index contributed by atoms with van der Waals surface area (Å²) in [4.78, 5) is 12.3. The molecule has 0 bridgehead atoms. The fourth-order valence-corrected chi connectivity index (χ4v) is 4.70. The number of carbonyl (C=O) groups excluding carboxylic acids is 1. The number of rotatable bonds is 2. The second-order valence-corrected chi connectivity index (χ2v) is 8.01. The van der Waals surface area contributed by atoms with E-state index in [1.54, 1.807) is 24.3 Å². The predicted octanol–water partition coefficient (Wildman–Crippen LogP) is 4.85. The van der Waals surface area contributed by atoms with Crippen molar-refractivity contribution in [2.45, 2.75) is 0 Å². The van der Waals surface area contributed by atoms with Gasteiger partial charge in [0.2, 0.25) is 0 Å². The third-order valence-corrected chi connectivity index (χ3v) is 4.88. The van der Waals surface area contributed by atoms with E-state index in [0.717, 1.165) is 12.0 Å². The Kier molecular flexibility index (Phi) is 4.07. The molecule has 0 atom stereocenters. The number of anilines is 1. The predicted molar refractivity (Wildman–Crippen MR) is 81.7 cm³/mol. The normalized spacial score (nSPS) is 10.5. The van der Waals surface area contributed by atoms with E-state index in [0.29, 0.717) is 16.8 Å². The molecule has 0 amide bonds. The van der Waals surface area contributed by atoms with E-state index < -0.39 is 0 Å². The maximum Gasteiger partial charge on any atom is 0.195 e. The van der Waals surface area contributed by atoms with Gasteiger partial charge in [-0.3, -0.25) is 4.79 Å². The van der Waals surface area contributed by atoms with Crippen LogP contribution in [0, 0.1) is 0 Å². The molecule has 6 heteroatoms. The first kappa shape index (κ1) is 13.3. The highest BCUT2D eigenvalue weighted by molar-refractivity contribution is 9.12. The van der Waals surface area contributed by atoms with Crippen molar-refractivity contribution in [1.82, 2.24) is 0 Å². The van der Waals surface area contributed by atoms with Gasteiger partial charge in [0.05, 0.1) is 7.57 Å². The molecule has 2 nitrogen and oxygen atoms in total. The van der Waals surface area contributed by atoms with Crippen molar-refractivity contribution < 1.29 is 4.79 Å². The van der Waals surface area contributed by atoms with Crippen LogP contribution in [0.3, 0.4) is 0 Å². The molecule has 0 aliphatic rings. The summed E-state index contributed by atoms with van der Waals surface area (Å²) >= 11 is 11.5. The Bertz CT molecular complexity index is 574. The number of halogens is 3. The molecule has 1 heterocycles. The van der Waals surface area contributed by atoms with E-state index in [2.05, 4.69) is 47.8 Å².